The van der Waals surface area contributed by atoms with Gasteiger partial charge in [-0.05, 0) is 60.9 Å². The smallest absolute Gasteiger partial charge is 0.337 e. The van der Waals surface area contributed by atoms with Crippen molar-refractivity contribution < 1.29 is 19.7 Å². The van der Waals surface area contributed by atoms with E-state index in [0.29, 0.717) is 33.4 Å². The van der Waals surface area contributed by atoms with Crippen LogP contribution in [0.4, 0.5) is 0 Å². The van der Waals surface area contributed by atoms with Gasteiger partial charge >= 0.3 is 5.97 Å². The fourth-order valence-corrected chi connectivity index (χ4v) is 4.14. The fourth-order valence-electron chi connectivity index (χ4n) is 3.77. The molecule has 0 aliphatic carbocycles. The Hall–Kier alpha value is -2.48. The Morgan fingerprint density at radius 1 is 1.00 bits per heavy atom. The summed E-state index contributed by atoms with van der Waals surface area (Å²) in [5, 5.41) is 22.6. The zero-order valence-electron chi connectivity index (χ0n) is 19.1. The second-order valence-electron chi connectivity index (χ2n) is 8.17. The molecule has 34 heavy (non-hydrogen) atoms. The molecule has 2 N–H and O–H groups in total. The van der Waals surface area contributed by atoms with E-state index in [1.165, 1.54) is 7.11 Å². The zero-order valence-corrected chi connectivity index (χ0v) is 20.6. The van der Waals surface area contributed by atoms with Crippen molar-refractivity contribution >= 4 is 29.2 Å². The Bertz CT molecular complexity index is 1040. The van der Waals surface area contributed by atoms with Crippen LogP contribution in [-0.2, 0) is 11.2 Å². The number of aliphatic hydroxyl groups excluding tert-OH is 2. The van der Waals surface area contributed by atoms with Gasteiger partial charge in [0.1, 0.15) is 11.3 Å². The Morgan fingerprint density at radius 2 is 1.68 bits per heavy atom. The molecule has 1 aromatic heterocycles. The van der Waals surface area contributed by atoms with Crippen LogP contribution in [0, 0.1) is 0 Å². The van der Waals surface area contributed by atoms with Gasteiger partial charge in [-0.2, -0.15) is 0 Å². The number of hydrogen-bond acceptors (Lipinski definition) is 6. The van der Waals surface area contributed by atoms with Gasteiger partial charge in [0.15, 0.2) is 0 Å². The third-order valence-electron chi connectivity index (χ3n) is 5.66. The first-order valence-electron chi connectivity index (χ1n) is 10.9. The Kier molecular flexibility index (Phi) is 9.45. The highest BCUT2D eigenvalue weighted by atomic mass is 35.5. The van der Waals surface area contributed by atoms with Crippen LogP contribution in [-0.4, -0.2) is 52.3 Å². The van der Waals surface area contributed by atoms with Gasteiger partial charge in [0.2, 0.25) is 0 Å². The normalized spacial score (nSPS) is 14.0. The van der Waals surface area contributed by atoms with Crippen molar-refractivity contribution in [2.45, 2.75) is 31.6 Å². The second kappa shape index (κ2) is 12.3. The van der Waals surface area contributed by atoms with Gasteiger partial charge in [-0.1, -0.05) is 53.5 Å². The van der Waals surface area contributed by atoms with Crippen molar-refractivity contribution in [3.05, 3.63) is 99.3 Å². The zero-order chi connectivity index (χ0) is 24.7. The lowest BCUT2D eigenvalue weighted by atomic mass is 10.0. The molecule has 0 unspecified atom stereocenters. The van der Waals surface area contributed by atoms with Crippen molar-refractivity contribution in [1.29, 1.82) is 0 Å². The maximum atomic E-state index is 11.7. The molecule has 0 amide bonds. The van der Waals surface area contributed by atoms with Crippen molar-refractivity contribution in [3.8, 4) is 0 Å². The van der Waals surface area contributed by atoms with E-state index in [-0.39, 0.29) is 25.1 Å². The average molecular weight is 503 g/mol. The molecule has 0 aliphatic rings. The molecule has 0 saturated carbocycles. The molecule has 8 heteroatoms. The second-order valence-corrected chi connectivity index (χ2v) is 8.99. The number of esters is 1. The Morgan fingerprint density at radius 3 is 2.32 bits per heavy atom. The van der Waals surface area contributed by atoms with E-state index in [4.69, 9.17) is 27.9 Å². The summed E-state index contributed by atoms with van der Waals surface area (Å²) in [7, 11) is 1.35. The summed E-state index contributed by atoms with van der Waals surface area (Å²) >= 11 is 12.1. The van der Waals surface area contributed by atoms with Crippen LogP contribution < -0.4 is 0 Å². The van der Waals surface area contributed by atoms with Gasteiger partial charge in [0.05, 0.1) is 24.5 Å². The molecule has 3 aromatic rings. The quantitative estimate of drug-likeness (QED) is 0.303. The number of carbonyl (C=O) groups excluding carboxylic acids is 1. The molecule has 180 valence electrons. The van der Waals surface area contributed by atoms with E-state index >= 15 is 0 Å². The monoisotopic (exact) mass is 502 g/mol. The first-order valence-corrected chi connectivity index (χ1v) is 11.7. The lowest BCUT2D eigenvalue weighted by molar-refractivity contribution is 0.0466. The van der Waals surface area contributed by atoms with E-state index < -0.39 is 12.2 Å². The van der Waals surface area contributed by atoms with Crippen LogP contribution in [0.5, 0.6) is 0 Å². The van der Waals surface area contributed by atoms with Crippen molar-refractivity contribution in [2.24, 2.45) is 0 Å². The van der Waals surface area contributed by atoms with Gasteiger partial charge in [0.25, 0.3) is 0 Å². The number of ether oxygens (including phenoxy) is 1. The van der Waals surface area contributed by atoms with Crippen LogP contribution in [0.1, 0.15) is 46.3 Å². The number of rotatable bonds is 10. The molecule has 1 heterocycles. The van der Waals surface area contributed by atoms with Gasteiger partial charge in [-0.25, -0.2) is 9.78 Å². The van der Waals surface area contributed by atoms with Gasteiger partial charge < -0.3 is 14.9 Å². The molecule has 0 spiro atoms. The highest BCUT2D eigenvalue weighted by Gasteiger charge is 2.23. The minimum absolute atomic E-state index is 0.0494. The maximum absolute atomic E-state index is 11.7. The number of benzene rings is 2. The maximum Gasteiger partial charge on any atom is 0.337 e. The third-order valence-corrected chi connectivity index (χ3v) is 6.10. The summed E-state index contributed by atoms with van der Waals surface area (Å²) in [5.74, 6) is -0.386. The van der Waals surface area contributed by atoms with Crippen LogP contribution in [0.2, 0.25) is 10.2 Å². The molecular formula is C26H28Cl2N2O4. The van der Waals surface area contributed by atoms with Crippen LogP contribution in [0.25, 0.3) is 0 Å². The summed E-state index contributed by atoms with van der Waals surface area (Å²) in [6, 6.07) is 19.4. The molecule has 0 bridgehead atoms. The molecule has 3 rings (SSSR count). The van der Waals surface area contributed by atoms with Gasteiger partial charge in [-0.3, -0.25) is 4.90 Å². The Labute approximate surface area is 209 Å². The van der Waals surface area contributed by atoms with Crippen molar-refractivity contribution in [2.75, 3.05) is 20.2 Å². The largest absolute Gasteiger partial charge is 0.465 e. The van der Waals surface area contributed by atoms with E-state index in [9.17, 15) is 15.0 Å². The van der Waals surface area contributed by atoms with E-state index in [1.807, 2.05) is 30.0 Å². The summed E-state index contributed by atoms with van der Waals surface area (Å²) in [4.78, 5) is 17.9. The van der Waals surface area contributed by atoms with Gasteiger partial charge in [0, 0.05) is 24.2 Å². The van der Waals surface area contributed by atoms with Gasteiger partial charge in [-0.15, -0.1) is 0 Å². The van der Waals surface area contributed by atoms with E-state index in [0.717, 1.165) is 5.56 Å². The topological polar surface area (TPSA) is 82.9 Å². The lowest BCUT2D eigenvalue weighted by Gasteiger charge is -2.33. The number of hydrogen-bond donors (Lipinski definition) is 2. The molecule has 0 saturated heterocycles. The third kappa shape index (κ3) is 7.26. The average Bonchev–Trinajstić information content (AvgIpc) is 2.83. The number of aromatic nitrogens is 1. The van der Waals surface area contributed by atoms with E-state index in [2.05, 4.69) is 4.98 Å². The molecule has 6 nitrogen and oxygen atoms in total. The predicted octanol–water partition coefficient (Wildman–Crippen LogP) is 4.88. The van der Waals surface area contributed by atoms with E-state index in [1.54, 1.807) is 48.5 Å². The minimum Gasteiger partial charge on any atom is -0.465 e. The minimum atomic E-state index is -0.894. The summed E-state index contributed by atoms with van der Waals surface area (Å²) in [6.45, 7) is 2.54. The SMILES string of the molecule is COC(=O)c1ccc(C[C@@H](C)N(C[C@@H](O)c2cccc(Cl)c2)C[C@@H](O)c2cccc(Cl)n2)cc1. The summed E-state index contributed by atoms with van der Waals surface area (Å²) in [6.07, 6.45) is -1.06. The van der Waals surface area contributed by atoms with Crippen LogP contribution >= 0.6 is 23.2 Å². The molecule has 0 radical (unpaired) electrons. The highest BCUT2D eigenvalue weighted by molar-refractivity contribution is 6.30. The van der Waals surface area contributed by atoms with Crippen molar-refractivity contribution in [1.82, 2.24) is 9.88 Å². The number of nitrogens with zero attached hydrogens (tertiary/aromatic N) is 2. The number of methoxy groups -OCH3 is 1. The standard InChI is InChI=1S/C26H28Cl2N2O4/c1-17(13-18-9-11-19(12-10-18)26(33)34-2)30(15-23(31)20-5-3-6-21(27)14-20)16-24(32)22-7-4-8-25(28)29-22/h3-12,14,17,23-24,31-32H,13,15-16H2,1-2H3/t17-,23-,24-/m1/s1. The molecular weight excluding hydrogens is 475 g/mol. The van der Waals surface area contributed by atoms with Crippen LogP contribution in [0.3, 0.4) is 0 Å². The molecule has 3 atom stereocenters. The molecule has 0 fully saturated rings. The number of pyridine rings is 1. The Balaban J connectivity index is 1.78. The number of aliphatic hydroxyl groups is 2. The first-order chi connectivity index (χ1) is 16.3. The molecule has 0 aliphatic heterocycles. The molecule has 2 aromatic carbocycles. The fraction of sp³-hybridized carbons (Fsp3) is 0.308. The summed E-state index contributed by atoms with van der Waals surface area (Å²) < 4.78 is 4.76. The lowest BCUT2D eigenvalue weighted by Crippen LogP contribution is -2.40. The van der Waals surface area contributed by atoms with Crippen LogP contribution in [0.15, 0.2) is 66.7 Å². The number of halogens is 2. The predicted molar refractivity (Wildman–Crippen MR) is 133 cm³/mol. The number of carbonyl (C=O) groups is 1. The highest BCUT2D eigenvalue weighted by Crippen LogP contribution is 2.23. The van der Waals surface area contributed by atoms with Crippen molar-refractivity contribution in [3.63, 3.8) is 0 Å². The summed E-state index contributed by atoms with van der Waals surface area (Å²) in [5.41, 5.74) is 2.65. The first kappa shape index (κ1) is 26.1.